The van der Waals surface area contributed by atoms with Gasteiger partial charge in [-0.2, -0.15) is 0 Å². The average molecular weight is 305 g/mol. The fourth-order valence-corrected chi connectivity index (χ4v) is 2.53. The summed E-state index contributed by atoms with van der Waals surface area (Å²) in [6.07, 6.45) is 0.964. The van der Waals surface area contributed by atoms with Gasteiger partial charge in [-0.15, -0.1) is 0 Å². The van der Waals surface area contributed by atoms with E-state index in [2.05, 4.69) is 22.2 Å². The molecule has 1 N–H and O–H groups in total. The van der Waals surface area contributed by atoms with E-state index in [1.54, 1.807) is 0 Å². The first-order valence-electron chi connectivity index (χ1n) is 7.77. The Bertz CT molecular complexity index is 841. The molecule has 0 spiro atoms. The number of nitrogens with zero attached hydrogens (tertiary/aromatic N) is 2. The minimum absolute atomic E-state index is 0.109. The van der Waals surface area contributed by atoms with Crippen molar-refractivity contribution in [2.24, 2.45) is 0 Å². The molecule has 0 saturated heterocycles. The summed E-state index contributed by atoms with van der Waals surface area (Å²) in [5.74, 6) is 0.516. The second-order valence-corrected chi connectivity index (χ2v) is 5.48. The van der Waals surface area contributed by atoms with Crippen LogP contribution in [0.1, 0.15) is 34.4 Å². The lowest BCUT2D eigenvalue weighted by Gasteiger charge is -2.07. The molecule has 4 heteroatoms. The number of benzene rings is 2. The van der Waals surface area contributed by atoms with E-state index in [-0.39, 0.29) is 5.91 Å². The summed E-state index contributed by atoms with van der Waals surface area (Å²) in [6, 6.07) is 15.5. The molecule has 1 heterocycles. The van der Waals surface area contributed by atoms with Crippen LogP contribution in [0, 0.1) is 6.92 Å². The van der Waals surface area contributed by atoms with Crippen LogP contribution in [0.15, 0.2) is 48.5 Å². The molecule has 0 aliphatic rings. The van der Waals surface area contributed by atoms with Crippen molar-refractivity contribution in [2.75, 3.05) is 0 Å². The predicted molar refractivity (Wildman–Crippen MR) is 91.3 cm³/mol. The van der Waals surface area contributed by atoms with Crippen molar-refractivity contribution in [1.29, 1.82) is 0 Å². The van der Waals surface area contributed by atoms with Crippen molar-refractivity contribution in [2.45, 2.75) is 26.8 Å². The Kier molecular flexibility index (Phi) is 4.33. The molecule has 23 heavy (non-hydrogen) atoms. The van der Waals surface area contributed by atoms with Gasteiger partial charge < -0.3 is 5.32 Å². The number of rotatable bonds is 4. The molecule has 0 aliphatic heterocycles. The van der Waals surface area contributed by atoms with E-state index in [1.807, 2.05) is 55.5 Å². The number of para-hydroxylation sites is 1. The molecule has 3 aromatic rings. The Morgan fingerprint density at radius 1 is 1.04 bits per heavy atom. The summed E-state index contributed by atoms with van der Waals surface area (Å²) in [5.41, 5.74) is 3.69. The SMILES string of the molecule is CCc1ccc(C(=O)NCc2nc(C)c3ccccc3n2)cc1. The standard InChI is InChI=1S/C19H19N3O/c1-3-14-8-10-15(11-9-14)19(23)20-12-18-21-13(2)16-6-4-5-7-17(16)22-18/h4-11H,3,12H2,1-2H3,(H,20,23). The van der Waals surface area contributed by atoms with Crippen LogP contribution in [0.4, 0.5) is 0 Å². The number of aromatic nitrogens is 2. The lowest BCUT2D eigenvalue weighted by Crippen LogP contribution is -2.24. The molecule has 2 aromatic carbocycles. The quantitative estimate of drug-likeness (QED) is 0.803. The Morgan fingerprint density at radius 3 is 2.52 bits per heavy atom. The molecular weight excluding hydrogens is 286 g/mol. The summed E-state index contributed by atoms with van der Waals surface area (Å²) in [4.78, 5) is 21.2. The van der Waals surface area contributed by atoms with Crippen LogP contribution in [0.5, 0.6) is 0 Å². The molecule has 0 unspecified atom stereocenters. The third-order valence-corrected chi connectivity index (χ3v) is 3.87. The molecule has 0 radical (unpaired) electrons. The van der Waals surface area contributed by atoms with E-state index in [0.717, 1.165) is 23.0 Å². The highest BCUT2D eigenvalue weighted by molar-refractivity contribution is 5.94. The van der Waals surface area contributed by atoms with Crippen molar-refractivity contribution < 1.29 is 4.79 Å². The predicted octanol–water partition coefficient (Wildman–Crippen LogP) is 3.43. The largest absolute Gasteiger partial charge is 0.345 e. The van der Waals surface area contributed by atoms with E-state index in [9.17, 15) is 4.79 Å². The zero-order valence-corrected chi connectivity index (χ0v) is 13.3. The van der Waals surface area contributed by atoms with Crippen molar-refractivity contribution in [3.05, 3.63) is 71.2 Å². The maximum absolute atomic E-state index is 12.2. The van der Waals surface area contributed by atoms with Crippen LogP contribution < -0.4 is 5.32 Å². The van der Waals surface area contributed by atoms with Gasteiger partial charge in [-0.1, -0.05) is 37.3 Å². The Morgan fingerprint density at radius 2 is 1.78 bits per heavy atom. The molecule has 1 amide bonds. The highest BCUT2D eigenvalue weighted by Crippen LogP contribution is 2.14. The maximum atomic E-state index is 12.2. The molecule has 0 saturated carbocycles. The first kappa shape index (κ1) is 15.2. The Balaban J connectivity index is 1.73. The first-order valence-corrected chi connectivity index (χ1v) is 7.77. The molecule has 0 fully saturated rings. The second kappa shape index (κ2) is 6.57. The number of fused-ring (bicyclic) bond motifs is 1. The maximum Gasteiger partial charge on any atom is 0.251 e. The van der Waals surface area contributed by atoms with Gasteiger partial charge in [-0.05, 0) is 37.1 Å². The number of carbonyl (C=O) groups is 1. The Labute approximate surface area is 135 Å². The van der Waals surface area contributed by atoms with E-state index in [0.29, 0.717) is 17.9 Å². The number of carbonyl (C=O) groups excluding carboxylic acids is 1. The van der Waals surface area contributed by atoms with E-state index < -0.39 is 0 Å². The third-order valence-electron chi connectivity index (χ3n) is 3.87. The normalized spacial score (nSPS) is 10.7. The lowest BCUT2D eigenvalue weighted by molar-refractivity contribution is 0.0950. The molecule has 0 atom stereocenters. The second-order valence-electron chi connectivity index (χ2n) is 5.48. The number of nitrogens with one attached hydrogen (secondary N) is 1. The van der Waals surface area contributed by atoms with E-state index >= 15 is 0 Å². The number of aryl methyl sites for hydroxylation is 2. The van der Waals surface area contributed by atoms with E-state index in [4.69, 9.17) is 0 Å². The molecule has 1 aromatic heterocycles. The highest BCUT2D eigenvalue weighted by Gasteiger charge is 2.08. The van der Waals surface area contributed by atoms with Gasteiger partial charge in [0, 0.05) is 16.6 Å². The van der Waals surface area contributed by atoms with Crippen LogP contribution >= 0.6 is 0 Å². The summed E-state index contributed by atoms with van der Waals surface area (Å²) >= 11 is 0. The van der Waals surface area contributed by atoms with Gasteiger partial charge in [0.05, 0.1) is 12.1 Å². The van der Waals surface area contributed by atoms with Gasteiger partial charge in [-0.3, -0.25) is 4.79 Å². The van der Waals surface area contributed by atoms with Gasteiger partial charge in [0.1, 0.15) is 5.82 Å². The average Bonchev–Trinajstić information content (AvgIpc) is 2.60. The minimum Gasteiger partial charge on any atom is -0.345 e. The van der Waals surface area contributed by atoms with Crippen LogP contribution in [-0.4, -0.2) is 15.9 Å². The summed E-state index contributed by atoms with van der Waals surface area (Å²) in [7, 11) is 0. The van der Waals surface area contributed by atoms with Gasteiger partial charge in [0.15, 0.2) is 0 Å². The lowest BCUT2D eigenvalue weighted by atomic mass is 10.1. The summed E-state index contributed by atoms with van der Waals surface area (Å²) in [5, 5.41) is 3.92. The van der Waals surface area contributed by atoms with Crippen LogP contribution in [0.2, 0.25) is 0 Å². The molecule has 4 nitrogen and oxygen atoms in total. The van der Waals surface area contributed by atoms with Crippen LogP contribution in [-0.2, 0) is 13.0 Å². The van der Waals surface area contributed by atoms with Crippen LogP contribution in [0.25, 0.3) is 10.9 Å². The summed E-state index contributed by atoms with van der Waals surface area (Å²) < 4.78 is 0. The van der Waals surface area contributed by atoms with Gasteiger partial charge in [-0.25, -0.2) is 9.97 Å². The first-order chi connectivity index (χ1) is 11.2. The topological polar surface area (TPSA) is 54.9 Å². The third kappa shape index (κ3) is 3.37. The van der Waals surface area contributed by atoms with Gasteiger partial charge in [0.2, 0.25) is 0 Å². The number of hydrogen-bond donors (Lipinski definition) is 1. The number of amides is 1. The molecule has 3 rings (SSSR count). The number of hydrogen-bond acceptors (Lipinski definition) is 3. The molecule has 116 valence electrons. The fraction of sp³-hybridized carbons (Fsp3) is 0.211. The minimum atomic E-state index is -0.109. The molecular formula is C19H19N3O. The smallest absolute Gasteiger partial charge is 0.251 e. The zero-order valence-electron chi connectivity index (χ0n) is 13.3. The summed E-state index contributed by atoms with van der Waals surface area (Å²) in [6.45, 7) is 4.37. The Hall–Kier alpha value is -2.75. The van der Waals surface area contributed by atoms with Crippen molar-refractivity contribution in [3.63, 3.8) is 0 Å². The van der Waals surface area contributed by atoms with Gasteiger partial charge in [0.25, 0.3) is 5.91 Å². The van der Waals surface area contributed by atoms with Crippen molar-refractivity contribution >= 4 is 16.8 Å². The zero-order chi connectivity index (χ0) is 16.2. The monoisotopic (exact) mass is 305 g/mol. The molecule has 0 aliphatic carbocycles. The van der Waals surface area contributed by atoms with Crippen molar-refractivity contribution in [3.8, 4) is 0 Å². The van der Waals surface area contributed by atoms with Gasteiger partial charge >= 0.3 is 0 Å². The van der Waals surface area contributed by atoms with E-state index in [1.165, 1.54) is 5.56 Å². The highest BCUT2D eigenvalue weighted by atomic mass is 16.1. The van der Waals surface area contributed by atoms with Crippen molar-refractivity contribution in [1.82, 2.24) is 15.3 Å². The fourth-order valence-electron chi connectivity index (χ4n) is 2.53. The van der Waals surface area contributed by atoms with Crippen LogP contribution in [0.3, 0.4) is 0 Å². The molecule has 0 bridgehead atoms.